The van der Waals surface area contributed by atoms with Crippen LogP contribution in [0.4, 0.5) is 5.69 Å². The molecule has 198 valence electrons. The molecule has 0 spiro atoms. The third-order valence-electron chi connectivity index (χ3n) is 5.39. The van der Waals surface area contributed by atoms with E-state index >= 15 is 0 Å². The zero-order valence-electron chi connectivity index (χ0n) is 20.2. The van der Waals surface area contributed by atoms with Crippen LogP contribution < -0.4 is 9.62 Å². The zero-order valence-corrected chi connectivity index (χ0v) is 24.1. The Hall–Kier alpha value is -1.71. The number of carbonyl (C=O) groups is 2. The first-order chi connectivity index (χ1) is 16.9. The van der Waals surface area contributed by atoms with Crippen LogP contribution in [-0.2, 0) is 26.2 Å². The van der Waals surface area contributed by atoms with Crippen LogP contribution in [0.2, 0.25) is 20.1 Å². The van der Waals surface area contributed by atoms with Crippen molar-refractivity contribution in [1.29, 1.82) is 0 Å². The number of nitrogens with zero attached hydrogens (tertiary/aromatic N) is 2. The first-order valence-corrected chi connectivity index (χ1v) is 14.7. The van der Waals surface area contributed by atoms with Gasteiger partial charge < -0.3 is 10.2 Å². The molecule has 2 aromatic rings. The molecule has 0 radical (unpaired) electrons. The van der Waals surface area contributed by atoms with Crippen molar-refractivity contribution in [2.24, 2.45) is 0 Å². The van der Waals surface area contributed by atoms with Crippen molar-refractivity contribution < 1.29 is 18.0 Å². The summed E-state index contributed by atoms with van der Waals surface area (Å²) in [6.07, 6.45) is 2.96. The highest BCUT2D eigenvalue weighted by molar-refractivity contribution is 7.92. The van der Waals surface area contributed by atoms with E-state index in [1.807, 2.05) is 6.92 Å². The summed E-state index contributed by atoms with van der Waals surface area (Å²) in [6, 6.07) is 8.23. The highest BCUT2D eigenvalue weighted by Crippen LogP contribution is 2.28. The van der Waals surface area contributed by atoms with Crippen molar-refractivity contribution in [2.75, 3.05) is 23.7 Å². The maximum atomic E-state index is 13.7. The van der Waals surface area contributed by atoms with Crippen molar-refractivity contribution in [3.8, 4) is 0 Å². The van der Waals surface area contributed by atoms with Crippen molar-refractivity contribution in [3.05, 3.63) is 62.1 Å². The van der Waals surface area contributed by atoms with Gasteiger partial charge in [-0.2, -0.15) is 0 Å². The maximum Gasteiger partial charge on any atom is 0.244 e. The van der Waals surface area contributed by atoms with Gasteiger partial charge >= 0.3 is 0 Å². The van der Waals surface area contributed by atoms with Crippen LogP contribution in [0.15, 0.2) is 36.4 Å². The molecule has 7 nitrogen and oxygen atoms in total. The van der Waals surface area contributed by atoms with Gasteiger partial charge in [-0.05, 0) is 48.7 Å². The second-order valence-electron chi connectivity index (χ2n) is 8.22. The minimum absolute atomic E-state index is 0.0254. The van der Waals surface area contributed by atoms with E-state index in [9.17, 15) is 18.0 Å². The molecule has 1 atom stereocenters. The molecular weight excluding hydrogens is 568 g/mol. The lowest BCUT2D eigenvalue weighted by atomic mass is 10.1. The fourth-order valence-corrected chi connectivity index (χ4v) is 5.37. The number of rotatable bonds is 12. The molecule has 2 amide bonds. The number of halogens is 4. The summed E-state index contributed by atoms with van der Waals surface area (Å²) in [4.78, 5) is 28.0. The average molecular weight is 597 g/mol. The molecule has 0 aliphatic rings. The molecule has 0 fully saturated rings. The monoisotopic (exact) mass is 595 g/mol. The first-order valence-electron chi connectivity index (χ1n) is 11.3. The van der Waals surface area contributed by atoms with Crippen LogP contribution in [0.25, 0.3) is 0 Å². The van der Waals surface area contributed by atoms with Crippen LogP contribution in [0.5, 0.6) is 0 Å². The average Bonchev–Trinajstić information content (AvgIpc) is 2.77. The Morgan fingerprint density at radius 2 is 1.61 bits per heavy atom. The molecule has 0 aromatic heterocycles. The fraction of sp³-hybridized carbons (Fsp3) is 0.417. The Morgan fingerprint density at radius 1 is 0.972 bits per heavy atom. The van der Waals surface area contributed by atoms with E-state index in [1.165, 1.54) is 23.1 Å². The van der Waals surface area contributed by atoms with Crippen molar-refractivity contribution in [1.82, 2.24) is 10.2 Å². The van der Waals surface area contributed by atoms with Gasteiger partial charge in [0.1, 0.15) is 12.6 Å². The van der Waals surface area contributed by atoms with E-state index in [2.05, 4.69) is 5.32 Å². The van der Waals surface area contributed by atoms with Gasteiger partial charge in [0.15, 0.2) is 0 Å². The molecule has 1 unspecified atom stereocenters. The molecular formula is C24H29Cl4N3O4S. The SMILES string of the molecule is CCCCNC(=O)C(CC)N(Cc1ccc(Cl)cc1Cl)C(=O)CN(c1cc(Cl)cc(Cl)c1)S(C)(=O)=O. The van der Waals surface area contributed by atoms with E-state index in [0.29, 0.717) is 28.6 Å². The quantitative estimate of drug-likeness (QED) is 0.314. The topological polar surface area (TPSA) is 86.8 Å². The largest absolute Gasteiger partial charge is 0.354 e. The lowest BCUT2D eigenvalue weighted by Gasteiger charge is -2.33. The van der Waals surface area contributed by atoms with E-state index in [4.69, 9.17) is 46.4 Å². The Kier molecular flexibility index (Phi) is 11.6. The third-order valence-corrected chi connectivity index (χ3v) is 7.55. The summed E-state index contributed by atoms with van der Waals surface area (Å²) >= 11 is 24.5. The first kappa shape index (κ1) is 30.5. The molecule has 0 saturated carbocycles. The summed E-state index contributed by atoms with van der Waals surface area (Å²) in [7, 11) is -3.91. The minimum Gasteiger partial charge on any atom is -0.354 e. The van der Waals surface area contributed by atoms with Crippen molar-refractivity contribution in [2.45, 2.75) is 45.7 Å². The normalized spacial score (nSPS) is 12.2. The minimum atomic E-state index is -3.91. The second kappa shape index (κ2) is 13.7. The number of nitrogens with one attached hydrogen (secondary N) is 1. The summed E-state index contributed by atoms with van der Waals surface area (Å²) in [5.74, 6) is -0.930. The van der Waals surface area contributed by atoms with Gasteiger partial charge in [0.2, 0.25) is 21.8 Å². The zero-order chi connectivity index (χ0) is 27.0. The number of unbranched alkanes of at least 4 members (excludes halogenated alkanes) is 1. The van der Waals surface area contributed by atoms with Gasteiger partial charge in [-0.3, -0.25) is 13.9 Å². The molecule has 2 rings (SSSR count). The Bertz CT molecular complexity index is 1170. The van der Waals surface area contributed by atoms with E-state index < -0.39 is 28.5 Å². The maximum absolute atomic E-state index is 13.7. The summed E-state index contributed by atoms with van der Waals surface area (Å²) < 4.78 is 26.2. The molecule has 1 N–H and O–H groups in total. The standard InChI is InChI=1S/C24H29Cl4N3O4S/c1-4-6-9-29-24(33)22(5-2)30(14-16-7-8-17(25)13-21(16)28)23(32)15-31(36(3,34)35)20-11-18(26)10-19(27)12-20/h7-8,10-13,22H,4-6,9,14-15H2,1-3H3,(H,29,33). The fourth-order valence-electron chi connectivity index (χ4n) is 3.56. The molecule has 36 heavy (non-hydrogen) atoms. The Balaban J connectivity index is 2.47. The number of hydrogen-bond donors (Lipinski definition) is 1. The predicted octanol–water partition coefficient (Wildman–Crippen LogP) is 5.79. The number of benzene rings is 2. The van der Waals surface area contributed by atoms with Gasteiger partial charge in [0, 0.05) is 33.2 Å². The van der Waals surface area contributed by atoms with E-state index in [1.54, 1.807) is 25.1 Å². The smallest absolute Gasteiger partial charge is 0.244 e. The number of sulfonamides is 1. The van der Waals surface area contributed by atoms with Crippen LogP contribution in [0, 0.1) is 0 Å². The summed E-state index contributed by atoms with van der Waals surface area (Å²) in [5, 5.41) is 4.03. The molecule has 0 bridgehead atoms. The highest BCUT2D eigenvalue weighted by atomic mass is 35.5. The third kappa shape index (κ3) is 8.70. The molecule has 0 saturated heterocycles. The number of carbonyl (C=O) groups excluding carboxylic acids is 2. The lowest BCUT2D eigenvalue weighted by Crippen LogP contribution is -2.52. The molecule has 12 heteroatoms. The van der Waals surface area contributed by atoms with Gasteiger partial charge in [0.05, 0.1) is 11.9 Å². The van der Waals surface area contributed by atoms with Crippen molar-refractivity contribution >= 4 is 73.9 Å². The number of hydrogen-bond acceptors (Lipinski definition) is 4. The van der Waals surface area contributed by atoms with E-state index in [-0.39, 0.29) is 28.2 Å². The van der Waals surface area contributed by atoms with E-state index in [0.717, 1.165) is 23.4 Å². The van der Waals surface area contributed by atoms with Gasteiger partial charge in [-0.15, -0.1) is 0 Å². The van der Waals surface area contributed by atoms with Crippen LogP contribution in [0.3, 0.4) is 0 Å². The van der Waals surface area contributed by atoms with Crippen LogP contribution >= 0.6 is 46.4 Å². The summed E-state index contributed by atoms with van der Waals surface area (Å²) in [6.45, 7) is 3.65. The van der Waals surface area contributed by atoms with Crippen LogP contribution in [-0.4, -0.2) is 50.5 Å². The predicted molar refractivity (Wildman–Crippen MR) is 148 cm³/mol. The van der Waals surface area contributed by atoms with Crippen molar-refractivity contribution in [3.63, 3.8) is 0 Å². The van der Waals surface area contributed by atoms with Gasteiger partial charge in [0.25, 0.3) is 0 Å². The number of amides is 2. The van der Waals surface area contributed by atoms with Gasteiger partial charge in [-0.25, -0.2) is 8.42 Å². The molecule has 0 heterocycles. The number of anilines is 1. The Labute approximate surface area is 232 Å². The van der Waals surface area contributed by atoms with Gasteiger partial charge in [-0.1, -0.05) is 72.7 Å². The molecule has 0 aliphatic carbocycles. The molecule has 2 aromatic carbocycles. The summed E-state index contributed by atoms with van der Waals surface area (Å²) in [5.41, 5.74) is 0.694. The van der Waals surface area contributed by atoms with Crippen LogP contribution in [0.1, 0.15) is 38.7 Å². The highest BCUT2D eigenvalue weighted by Gasteiger charge is 2.32. The molecule has 0 aliphatic heterocycles. The Morgan fingerprint density at radius 3 is 2.14 bits per heavy atom. The second-order valence-corrected chi connectivity index (χ2v) is 11.8. The lowest BCUT2D eigenvalue weighted by molar-refractivity contribution is -0.140.